The minimum atomic E-state index is -3.59. The van der Waals surface area contributed by atoms with Crippen LogP contribution in [0, 0.1) is 0 Å². The van der Waals surface area contributed by atoms with Gasteiger partial charge in [0.05, 0.1) is 6.61 Å². The van der Waals surface area contributed by atoms with Crippen molar-refractivity contribution in [1.82, 2.24) is 9.29 Å². The molecule has 1 atom stereocenters. The van der Waals surface area contributed by atoms with Crippen LogP contribution in [0.4, 0.5) is 0 Å². The minimum absolute atomic E-state index is 0.118. The number of pyridine rings is 1. The summed E-state index contributed by atoms with van der Waals surface area (Å²) in [5, 5.41) is 9.53. The van der Waals surface area contributed by atoms with Crippen LogP contribution >= 0.6 is 11.6 Å². The number of nitrogens with zero attached hydrogens (tertiary/aromatic N) is 2. The quantitative estimate of drug-likeness (QED) is 0.851. The maximum absolute atomic E-state index is 12.4. The zero-order valence-electron chi connectivity index (χ0n) is 9.79. The largest absolute Gasteiger partial charge is 0.395 e. The fraction of sp³-hybridized carbons (Fsp3) is 0.545. The van der Waals surface area contributed by atoms with E-state index in [0.29, 0.717) is 13.0 Å². The molecule has 1 aliphatic heterocycles. The predicted molar refractivity (Wildman–Crippen MR) is 67.9 cm³/mol. The van der Waals surface area contributed by atoms with Gasteiger partial charge in [-0.25, -0.2) is 13.4 Å². The van der Waals surface area contributed by atoms with E-state index in [1.165, 1.54) is 22.6 Å². The number of aromatic nitrogens is 1. The highest BCUT2D eigenvalue weighted by molar-refractivity contribution is 7.89. The molecule has 0 bridgehead atoms. The maximum Gasteiger partial charge on any atom is 0.244 e. The molecule has 1 fully saturated rings. The first-order chi connectivity index (χ1) is 8.55. The monoisotopic (exact) mass is 290 g/mol. The van der Waals surface area contributed by atoms with E-state index in [0.717, 1.165) is 12.8 Å². The molecule has 5 nitrogen and oxygen atoms in total. The van der Waals surface area contributed by atoms with Crippen molar-refractivity contribution in [3.63, 3.8) is 0 Å². The standard InChI is InChI=1S/C11H15ClN2O3S/c12-11-5-4-10(7-13-11)18(16,17)14-6-2-1-3-9(14)8-15/h4-5,7,9,15H,1-3,6,8H2. The van der Waals surface area contributed by atoms with Crippen LogP contribution in [-0.4, -0.2) is 42.0 Å². The van der Waals surface area contributed by atoms with Gasteiger partial charge in [-0.1, -0.05) is 18.0 Å². The fourth-order valence-electron chi connectivity index (χ4n) is 2.12. The lowest BCUT2D eigenvalue weighted by atomic mass is 10.1. The Hall–Kier alpha value is -0.690. The number of aliphatic hydroxyl groups is 1. The van der Waals surface area contributed by atoms with Crippen LogP contribution in [0.15, 0.2) is 23.2 Å². The molecule has 0 amide bonds. The van der Waals surface area contributed by atoms with Gasteiger partial charge in [-0.05, 0) is 25.0 Å². The zero-order chi connectivity index (χ0) is 13.2. The van der Waals surface area contributed by atoms with Crippen molar-refractivity contribution in [2.75, 3.05) is 13.2 Å². The van der Waals surface area contributed by atoms with E-state index in [1.807, 2.05) is 0 Å². The van der Waals surface area contributed by atoms with Crippen molar-refractivity contribution in [2.45, 2.75) is 30.2 Å². The van der Waals surface area contributed by atoms with E-state index < -0.39 is 10.0 Å². The average molecular weight is 291 g/mol. The third-order valence-corrected chi connectivity index (χ3v) is 5.25. The molecule has 100 valence electrons. The van der Waals surface area contributed by atoms with Gasteiger partial charge in [0.25, 0.3) is 0 Å². The molecule has 1 unspecified atom stereocenters. The molecule has 1 aromatic rings. The van der Waals surface area contributed by atoms with Crippen LogP contribution in [0.3, 0.4) is 0 Å². The fourth-order valence-corrected chi connectivity index (χ4v) is 3.87. The number of sulfonamides is 1. The molecule has 18 heavy (non-hydrogen) atoms. The normalized spacial score (nSPS) is 22.0. The topological polar surface area (TPSA) is 70.5 Å². The van der Waals surface area contributed by atoms with Gasteiger partial charge in [0.1, 0.15) is 10.0 Å². The van der Waals surface area contributed by atoms with Crippen molar-refractivity contribution in [1.29, 1.82) is 0 Å². The van der Waals surface area contributed by atoms with Crippen molar-refractivity contribution in [3.8, 4) is 0 Å². The summed E-state index contributed by atoms with van der Waals surface area (Å²) in [5.74, 6) is 0. The van der Waals surface area contributed by atoms with E-state index in [-0.39, 0.29) is 22.7 Å². The first-order valence-electron chi connectivity index (χ1n) is 5.80. The Bertz CT molecular complexity index is 504. The Balaban J connectivity index is 2.32. The molecule has 7 heteroatoms. The smallest absolute Gasteiger partial charge is 0.244 e. The molecular weight excluding hydrogens is 276 g/mol. The molecule has 0 aliphatic carbocycles. The molecule has 0 radical (unpaired) electrons. The SMILES string of the molecule is O=S(=O)(c1ccc(Cl)nc1)N1CCCCC1CO. The van der Waals surface area contributed by atoms with Gasteiger partial charge in [0.2, 0.25) is 10.0 Å². The Morgan fingerprint density at radius 3 is 2.83 bits per heavy atom. The first-order valence-corrected chi connectivity index (χ1v) is 7.62. The molecular formula is C11H15ClN2O3S. The lowest BCUT2D eigenvalue weighted by Gasteiger charge is -2.33. The molecule has 1 saturated heterocycles. The highest BCUT2D eigenvalue weighted by Crippen LogP contribution is 2.25. The van der Waals surface area contributed by atoms with E-state index >= 15 is 0 Å². The summed E-state index contributed by atoms with van der Waals surface area (Å²) in [6.07, 6.45) is 3.70. The highest BCUT2D eigenvalue weighted by Gasteiger charge is 2.33. The first kappa shape index (κ1) is 13.7. The highest BCUT2D eigenvalue weighted by atomic mass is 35.5. The molecule has 2 heterocycles. The van der Waals surface area contributed by atoms with E-state index in [2.05, 4.69) is 4.98 Å². The second-order valence-electron chi connectivity index (χ2n) is 4.26. The number of halogens is 1. The maximum atomic E-state index is 12.4. The van der Waals surface area contributed by atoms with Gasteiger partial charge >= 0.3 is 0 Å². The van der Waals surface area contributed by atoms with Crippen molar-refractivity contribution in [2.24, 2.45) is 0 Å². The second-order valence-corrected chi connectivity index (χ2v) is 6.54. The molecule has 1 aliphatic rings. The minimum Gasteiger partial charge on any atom is -0.395 e. The molecule has 0 spiro atoms. The summed E-state index contributed by atoms with van der Waals surface area (Å²) >= 11 is 5.64. The van der Waals surface area contributed by atoms with Gasteiger partial charge in [-0.2, -0.15) is 4.31 Å². The zero-order valence-corrected chi connectivity index (χ0v) is 11.4. The summed E-state index contributed by atoms with van der Waals surface area (Å²) in [6.45, 7) is 0.288. The van der Waals surface area contributed by atoms with E-state index in [4.69, 9.17) is 11.6 Å². The number of aliphatic hydroxyl groups excluding tert-OH is 1. The number of piperidine rings is 1. The van der Waals surface area contributed by atoms with E-state index in [9.17, 15) is 13.5 Å². The summed E-state index contributed by atoms with van der Waals surface area (Å²) in [6, 6.07) is 2.56. The third-order valence-electron chi connectivity index (χ3n) is 3.09. The Morgan fingerprint density at radius 2 is 2.22 bits per heavy atom. The predicted octanol–water partition coefficient (Wildman–Crippen LogP) is 1.27. The number of hydrogen-bond donors (Lipinski definition) is 1. The van der Waals surface area contributed by atoms with Gasteiger partial charge in [0.15, 0.2) is 0 Å². The Labute approximate surface area is 111 Å². The molecule has 0 saturated carbocycles. The molecule has 0 aromatic carbocycles. The van der Waals surface area contributed by atoms with Gasteiger partial charge in [0, 0.05) is 18.8 Å². The Morgan fingerprint density at radius 1 is 1.44 bits per heavy atom. The lowest BCUT2D eigenvalue weighted by Crippen LogP contribution is -2.45. The number of rotatable bonds is 3. The van der Waals surface area contributed by atoms with Gasteiger partial charge in [-0.3, -0.25) is 0 Å². The van der Waals surface area contributed by atoms with Crippen LogP contribution in [0.2, 0.25) is 5.15 Å². The average Bonchev–Trinajstić information content (AvgIpc) is 2.39. The molecule has 2 rings (SSSR count). The van der Waals surface area contributed by atoms with Gasteiger partial charge in [-0.15, -0.1) is 0 Å². The van der Waals surface area contributed by atoms with Crippen LogP contribution < -0.4 is 0 Å². The molecule has 1 N–H and O–H groups in total. The Kier molecular flexibility index (Phi) is 4.21. The van der Waals surface area contributed by atoms with Crippen molar-refractivity contribution in [3.05, 3.63) is 23.5 Å². The van der Waals surface area contributed by atoms with Crippen LogP contribution in [0.25, 0.3) is 0 Å². The van der Waals surface area contributed by atoms with Crippen molar-refractivity contribution < 1.29 is 13.5 Å². The van der Waals surface area contributed by atoms with Crippen LogP contribution in [0.5, 0.6) is 0 Å². The van der Waals surface area contributed by atoms with Gasteiger partial charge < -0.3 is 5.11 Å². The van der Waals surface area contributed by atoms with Crippen LogP contribution in [-0.2, 0) is 10.0 Å². The number of hydrogen-bond acceptors (Lipinski definition) is 4. The van der Waals surface area contributed by atoms with E-state index in [1.54, 1.807) is 0 Å². The summed E-state index contributed by atoms with van der Waals surface area (Å²) in [5.41, 5.74) is 0. The van der Waals surface area contributed by atoms with Crippen molar-refractivity contribution >= 4 is 21.6 Å². The second kappa shape index (κ2) is 5.52. The third kappa shape index (κ3) is 2.66. The summed E-state index contributed by atoms with van der Waals surface area (Å²) < 4.78 is 26.2. The van der Waals surface area contributed by atoms with Crippen LogP contribution in [0.1, 0.15) is 19.3 Å². The molecule has 1 aromatic heterocycles. The summed E-state index contributed by atoms with van der Waals surface area (Å²) in [7, 11) is -3.59. The summed E-state index contributed by atoms with van der Waals surface area (Å²) in [4.78, 5) is 3.91. The lowest BCUT2D eigenvalue weighted by molar-refractivity contribution is 0.155.